The molecule has 2 saturated heterocycles. The molecule has 3 aliphatic rings. The molecule has 1 spiro atoms. The third-order valence-electron chi connectivity index (χ3n) is 9.10. The highest BCUT2D eigenvalue weighted by atomic mass is 19.4. The Labute approximate surface area is 240 Å². The van der Waals surface area contributed by atoms with Crippen LogP contribution in [-0.2, 0) is 16.3 Å². The molecule has 42 heavy (non-hydrogen) atoms. The Hall–Kier alpha value is -3.64. The number of aromatic nitrogens is 2. The van der Waals surface area contributed by atoms with Crippen molar-refractivity contribution in [2.75, 3.05) is 33.4 Å². The number of aliphatic imine (C=N–C) groups is 1. The summed E-state index contributed by atoms with van der Waals surface area (Å²) >= 11 is 0. The van der Waals surface area contributed by atoms with Crippen LogP contribution in [0.25, 0.3) is 11.2 Å². The van der Waals surface area contributed by atoms with Crippen molar-refractivity contribution >= 4 is 11.9 Å². The van der Waals surface area contributed by atoms with Crippen molar-refractivity contribution in [3.8, 4) is 5.69 Å². The van der Waals surface area contributed by atoms with Gasteiger partial charge in [0.1, 0.15) is 6.34 Å². The normalized spacial score (nSPS) is 21.4. The average molecular weight is 585 g/mol. The van der Waals surface area contributed by atoms with Gasteiger partial charge in [-0.1, -0.05) is 18.7 Å². The average Bonchev–Trinajstić information content (AvgIpc) is 3.43. The van der Waals surface area contributed by atoms with E-state index >= 15 is 4.39 Å². The van der Waals surface area contributed by atoms with Crippen LogP contribution in [0.3, 0.4) is 0 Å². The molecule has 0 amide bonds. The summed E-state index contributed by atoms with van der Waals surface area (Å²) in [5.41, 5.74) is -1.43. The number of azo groups is 1. The smallest absolute Gasteiger partial charge is 0.379 e. The maximum absolute atomic E-state index is 15.7. The molecule has 6 rings (SSSR count). The maximum Gasteiger partial charge on any atom is 0.418 e. The number of nitrogens with zero attached hydrogens (tertiary/aromatic N) is 6. The van der Waals surface area contributed by atoms with E-state index in [0.29, 0.717) is 22.2 Å². The summed E-state index contributed by atoms with van der Waals surface area (Å²) in [6, 6.07) is 7.43. The quantitative estimate of drug-likeness (QED) is 0.144. The summed E-state index contributed by atoms with van der Waals surface area (Å²) in [6.07, 6.45) is 0.930. The van der Waals surface area contributed by atoms with Crippen molar-refractivity contribution in [2.45, 2.75) is 50.0 Å². The summed E-state index contributed by atoms with van der Waals surface area (Å²) in [5.74, 6) is 0. The van der Waals surface area contributed by atoms with E-state index in [2.05, 4.69) is 26.7 Å². The number of pyridine rings is 1. The number of imidazole rings is 1. The molecule has 1 aromatic carbocycles. The molecule has 0 N–H and O–H groups in total. The van der Waals surface area contributed by atoms with Gasteiger partial charge in [0.25, 0.3) is 0 Å². The van der Waals surface area contributed by atoms with Gasteiger partial charge in [0, 0.05) is 32.0 Å². The van der Waals surface area contributed by atoms with Crippen LogP contribution < -0.4 is 5.69 Å². The second-order valence-electron chi connectivity index (χ2n) is 11.8. The third kappa shape index (κ3) is 4.80. The first-order valence-corrected chi connectivity index (χ1v) is 13.9. The second-order valence-corrected chi connectivity index (χ2v) is 11.8. The van der Waals surface area contributed by atoms with Gasteiger partial charge in [-0.2, -0.15) is 18.3 Å². The first kappa shape index (κ1) is 28.5. The molecule has 1 aliphatic carbocycles. The van der Waals surface area contributed by atoms with E-state index < -0.39 is 29.0 Å². The van der Waals surface area contributed by atoms with E-state index in [1.54, 1.807) is 24.3 Å². The van der Waals surface area contributed by atoms with Crippen molar-refractivity contribution in [1.29, 1.82) is 0 Å². The zero-order valence-electron chi connectivity index (χ0n) is 23.4. The lowest BCUT2D eigenvalue weighted by Crippen LogP contribution is -2.54. The van der Waals surface area contributed by atoms with Gasteiger partial charge in [-0.05, 0) is 67.5 Å². The number of allylic oxidation sites excluding steroid dienone is 1. The Balaban J connectivity index is 1.39. The minimum Gasteiger partial charge on any atom is -0.379 e. The molecule has 0 radical (unpaired) electrons. The first-order valence-electron chi connectivity index (χ1n) is 13.9. The summed E-state index contributed by atoms with van der Waals surface area (Å²) in [7, 11) is 1.50. The zero-order chi connectivity index (χ0) is 29.9. The third-order valence-corrected chi connectivity index (χ3v) is 9.10. The zero-order valence-corrected chi connectivity index (χ0v) is 23.4. The summed E-state index contributed by atoms with van der Waals surface area (Å²) < 4.78 is 66.3. The standard InChI is InChI=1S/C30H32F4N6O2/c1-19(37-36-18-35-3)26(31)29(16-42-17-29)22-5-4-6-23(12-22)39-14-25-24(30(32,33)34)11-21(13-40(25)27(39)41)20(2)38-10-9-28(15-38)7-8-28/h4-6,11-14,18,20,26H,1,7-10,15-17H2,2-3H3/t20-,26-/m1/s1. The van der Waals surface area contributed by atoms with Crippen molar-refractivity contribution in [2.24, 2.45) is 20.6 Å². The number of alkyl halides is 4. The Morgan fingerprint density at radius 1 is 1.17 bits per heavy atom. The molecule has 3 fully saturated rings. The van der Waals surface area contributed by atoms with E-state index in [0.717, 1.165) is 42.8 Å². The molecule has 2 atom stereocenters. The summed E-state index contributed by atoms with van der Waals surface area (Å²) in [6.45, 7) is 7.35. The lowest BCUT2D eigenvalue weighted by atomic mass is 9.73. The molecule has 0 unspecified atom stereocenters. The van der Waals surface area contributed by atoms with Gasteiger partial charge in [0.15, 0.2) is 6.17 Å². The molecular formula is C30H32F4N6O2. The molecule has 2 aliphatic heterocycles. The molecular weight excluding hydrogens is 552 g/mol. The Kier molecular flexibility index (Phi) is 6.96. The predicted octanol–water partition coefficient (Wildman–Crippen LogP) is 5.89. The van der Waals surface area contributed by atoms with Crippen LogP contribution in [-0.4, -0.2) is 59.7 Å². The van der Waals surface area contributed by atoms with Crippen molar-refractivity contribution < 1.29 is 22.3 Å². The number of halogens is 4. The van der Waals surface area contributed by atoms with Gasteiger partial charge in [-0.15, -0.1) is 5.11 Å². The minimum atomic E-state index is -4.67. The topological polar surface area (TPSA) is 76.0 Å². The molecule has 2 aromatic heterocycles. The molecule has 4 heterocycles. The van der Waals surface area contributed by atoms with Gasteiger partial charge in [0.2, 0.25) is 0 Å². The lowest BCUT2D eigenvalue weighted by Gasteiger charge is -2.44. The van der Waals surface area contributed by atoms with Gasteiger partial charge >= 0.3 is 11.9 Å². The summed E-state index contributed by atoms with van der Waals surface area (Å²) in [4.78, 5) is 19.5. The molecule has 222 valence electrons. The summed E-state index contributed by atoms with van der Waals surface area (Å²) in [5, 5.41) is 7.46. The number of benzene rings is 1. The van der Waals surface area contributed by atoms with E-state index in [-0.39, 0.29) is 30.5 Å². The fourth-order valence-corrected chi connectivity index (χ4v) is 6.21. The van der Waals surface area contributed by atoms with Gasteiger partial charge in [-0.25, -0.2) is 9.18 Å². The highest BCUT2D eigenvalue weighted by molar-refractivity contribution is 5.58. The van der Waals surface area contributed by atoms with Crippen molar-refractivity contribution in [3.63, 3.8) is 0 Å². The van der Waals surface area contributed by atoms with Crippen LogP contribution in [0.5, 0.6) is 0 Å². The number of likely N-dealkylation sites (tertiary alicyclic amines) is 1. The monoisotopic (exact) mass is 584 g/mol. The van der Waals surface area contributed by atoms with Gasteiger partial charge < -0.3 is 4.74 Å². The van der Waals surface area contributed by atoms with E-state index in [4.69, 9.17) is 4.74 Å². The molecule has 1 saturated carbocycles. The fourth-order valence-electron chi connectivity index (χ4n) is 6.21. The van der Waals surface area contributed by atoms with E-state index in [1.807, 2.05) is 6.92 Å². The molecule has 8 nitrogen and oxygen atoms in total. The Morgan fingerprint density at radius 2 is 1.93 bits per heavy atom. The van der Waals surface area contributed by atoms with Gasteiger partial charge in [0.05, 0.1) is 41.1 Å². The van der Waals surface area contributed by atoms with Crippen LogP contribution in [0.4, 0.5) is 17.6 Å². The lowest BCUT2D eigenvalue weighted by molar-refractivity contribution is -0.136. The van der Waals surface area contributed by atoms with Crippen molar-refractivity contribution in [1.82, 2.24) is 13.9 Å². The van der Waals surface area contributed by atoms with E-state index in [1.165, 1.54) is 30.3 Å². The molecule has 0 bridgehead atoms. The Morgan fingerprint density at radius 3 is 2.55 bits per heavy atom. The molecule has 12 heteroatoms. The maximum atomic E-state index is 15.7. The number of hydrogen-bond acceptors (Lipinski definition) is 5. The van der Waals surface area contributed by atoms with Crippen LogP contribution in [0.15, 0.2) is 75.0 Å². The number of ether oxygens (including phenoxy) is 1. The largest absolute Gasteiger partial charge is 0.418 e. The van der Waals surface area contributed by atoms with E-state index in [9.17, 15) is 18.0 Å². The number of hydrogen-bond donors (Lipinski definition) is 0. The predicted molar refractivity (Wildman–Crippen MR) is 150 cm³/mol. The number of fused-ring (bicyclic) bond motifs is 1. The first-order chi connectivity index (χ1) is 20.0. The SMILES string of the molecule is C=C(N=NC=NC)[C@@H](F)C1(c2cccc(-n3cc4c(C(F)(F)F)cc([C@@H](C)N5CCC6(CC6)C5)cn4c3=O)c2)COC1. The van der Waals surface area contributed by atoms with Crippen LogP contribution in [0, 0.1) is 5.41 Å². The van der Waals surface area contributed by atoms with Crippen LogP contribution in [0.1, 0.15) is 48.9 Å². The fraction of sp³-hybridized carbons (Fsp3) is 0.467. The second kappa shape index (κ2) is 10.3. The van der Waals surface area contributed by atoms with Crippen LogP contribution >= 0.6 is 0 Å². The minimum absolute atomic E-state index is 0.0396. The van der Waals surface area contributed by atoms with Gasteiger partial charge in [-0.3, -0.25) is 18.9 Å². The highest BCUT2D eigenvalue weighted by Crippen LogP contribution is 2.54. The number of rotatable bonds is 8. The highest BCUT2D eigenvalue weighted by Gasteiger charge is 2.50. The Bertz CT molecular complexity index is 1650. The van der Waals surface area contributed by atoms with Crippen LogP contribution in [0.2, 0.25) is 0 Å². The van der Waals surface area contributed by atoms with Crippen molar-refractivity contribution in [3.05, 3.63) is 82.2 Å². The molecule has 3 aromatic rings.